The van der Waals surface area contributed by atoms with Crippen LogP contribution in [0.15, 0.2) is 48.5 Å². The number of carboxylic acids is 1. The van der Waals surface area contributed by atoms with Crippen LogP contribution in [-0.4, -0.2) is 36.7 Å². The van der Waals surface area contributed by atoms with E-state index < -0.39 is 5.97 Å². The fourth-order valence-corrected chi connectivity index (χ4v) is 3.80. The average molecular weight is 367 g/mol. The number of amides is 1. The monoisotopic (exact) mass is 367 g/mol. The summed E-state index contributed by atoms with van der Waals surface area (Å²) in [5, 5.41) is 12.2. The fraction of sp³-hybridized carbons (Fsp3) is 0.364. The molecule has 1 heterocycles. The third-order valence-corrected chi connectivity index (χ3v) is 5.33. The Labute approximate surface area is 159 Å². The molecule has 3 rings (SSSR count). The maximum atomic E-state index is 12.5. The van der Waals surface area contributed by atoms with Crippen molar-refractivity contribution in [2.75, 3.05) is 19.8 Å². The molecule has 27 heavy (non-hydrogen) atoms. The summed E-state index contributed by atoms with van der Waals surface area (Å²) in [6, 6.07) is 14.8. The number of hydrogen-bond donors (Lipinski definition) is 2. The van der Waals surface area contributed by atoms with E-state index in [0.717, 1.165) is 12.8 Å². The fourth-order valence-electron chi connectivity index (χ4n) is 3.80. The van der Waals surface area contributed by atoms with E-state index in [2.05, 4.69) is 24.4 Å². The highest BCUT2D eigenvalue weighted by atomic mass is 16.5. The van der Waals surface area contributed by atoms with Crippen molar-refractivity contribution in [3.05, 3.63) is 70.8 Å². The Bertz CT molecular complexity index is 825. The molecule has 5 nitrogen and oxygen atoms in total. The van der Waals surface area contributed by atoms with Crippen LogP contribution in [0.2, 0.25) is 0 Å². The molecule has 0 aliphatic carbocycles. The van der Waals surface area contributed by atoms with Crippen molar-refractivity contribution < 1.29 is 19.4 Å². The minimum Gasteiger partial charge on any atom is -0.478 e. The molecule has 1 aliphatic heterocycles. The van der Waals surface area contributed by atoms with Crippen molar-refractivity contribution in [3.63, 3.8) is 0 Å². The Kier molecular flexibility index (Phi) is 5.91. The van der Waals surface area contributed by atoms with Crippen molar-refractivity contribution in [3.8, 4) is 0 Å². The Morgan fingerprint density at radius 2 is 1.85 bits per heavy atom. The third-order valence-electron chi connectivity index (χ3n) is 5.33. The van der Waals surface area contributed by atoms with Crippen LogP contribution in [0.3, 0.4) is 0 Å². The van der Waals surface area contributed by atoms with E-state index in [4.69, 9.17) is 9.84 Å². The van der Waals surface area contributed by atoms with Crippen LogP contribution in [0.5, 0.6) is 0 Å². The number of ether oxygens (including phenoxy) is 1. The van der Waals surface area contributed by atoms with E-state index in [1.807, 2.05) is 12.1 Å². The van der Waals surface area contributed by atoms with Crippen molar-refractivity contribution in [1.82, 2.24) is 5.32 Å². The molecule has 142 valence electrons. The number of aryl methyl sites for hydroxylation is 1. The lowest BCUT2D eigenvalue weighted by Gasteiger charge is -2.39. The van der Waals surface area contributed by atoms with E-state index in [0.29, 0.717) is 25.3 Å². The summed E-state index contributed by atoms with van der Waals surface area (Å²) < 4.78 is 5.56. The molecule has 0 bridgehead atoms. The van der Waals surface area contributed by atoms with Crippen molar-refractivity contribution in [1.29, 1.82) is 0 Å². The van der Waals surface area contributed by atoms with E-state index in [9.17, 15) is 9.59 Å². The van der Waals surface area contributed by atoms with Gasteiger partial charge in [0.2, 0.25) is 5.91 Å². The number of benzene rings is 2. The first-order chi connectivity index (χ1) is 13.0. The highest BCUT2D eigenvalue weighted by Gasteiger charge is 2.35. The molecule has 2 aromatic carbocycles. The molecule has 2 N–H and O–H groups in total. The van der Waals surface area contributed by atoms with Crippen molar-refractivity contribution in [2.24, 2.45) is 0 Å². The minimum absolute atomic E-state index is 0.100. The lowest BCUT2D eigenvalue weighted by atomic mass is 9.72. The summed E-state index contributed by atoms with van der Waals surface area (Å²) in [6.07, 6.45) is 1.90. The molecule has 5 heteroatoms. The first kappa shape index (κ1) is 19.1. The summed E-state index contributed by atoms with van der Waals surface area (Å²) in [5.41, 5.74) is 3.26. The number of rotatable bonds is 6. The molecule has 1 saturated heterocycles. The molecule has 0 atom stereocenters. The van der Waals surface area contributed by atoms with Gasteiger partial charge in [0.05, 0.1) is 12.0 Å². The topological polar surface area (TPSA) is 75.6 Å². The quantitative estimate of drug-likeness (QED) is 0.823. The molecular formula is C22H25NO4. The Morgan fingerprint density at radius 3 is 2.56 bits per heavy atom. The van der Waals surface area contributed by atoms with Gasteiger partial charge in [0, 0.05) is 25.2 Å². The van der Waals surface area contributed by atoms with E-state index in [1.165, 1.54) is 17.2 Å². The standard InChI is InChI=1S/C22H25NO4/c1-16-5-2-3-8-19(16)22(9-11-27-12-10-22)15-23-20(24)14-17-6-4-7-18(13-17)21(25)26/h2-8,13H,9-12,14-15H2,1H3,(H,23,24)(H,25,26). The van der Waals surface area contributed by atoms with Gasteiger partial charge >= 0.3 is 5.97 Å². The van der Waals surface area contributed by atoms with Gasteiger partial charge in [-0.2, -0.15) is 0 Å². The van der Waals surface area contributed by atoms with Gasteiger partial charge < -0.3 is 15.2 Å². The number of carbonyl (C=O) groups is 2. The molecule has 0 aromatic heterocycles. The van der Waals surface area contributed by atoms with Gasteiger partial charge in [-0.3, -0.25) is 4.79 Å². The Morgan fingerprint density at radius 1 is 1.11 bits per heavy atom. The van der Waals surface area contributed by atoms with Crippen LogP contribution < -0.4 is 5.32 Å². The minimum atomic E-state index is -0.988. The van der Waals surface area contributed by atoms with E-state index in [-0.39, 0.29) is 23.3 Å². The summed E-state index contributed by atoms with van der Waals surface area (Å²) in [7, 11) is 0. The second-order valence-corrected chi connectivity index (χ2v) is 7.17. The van der Waals surface area contributed by atoms with Crippen molar-refractivity contribution >= 4 is 11.9 Å². The summed E-state index contributed by atoms with van der Waals surface area (Å²) >= 11 is 0. The molecule has 0 saturated carbocycles. The predicted octanol–water partition coefficient (Wildman–Crippen LogP) is 3.10. The molecule has 1 amide bonds. The van der Waals surface area contributed by atoms with Crippen LogP contribution >= 0.6 is 0 Å². The highest BCUT2D eigenvalue weighted by Crippen LogP contribution is 2.36. The van der Waals surface area contributed by atoms with Gasteiger partial charge in [-0.05, 0) is 48.6 Å². The zero-order valence-electron chi connectivity index (χ0n) is 15.5. The van der Waals surface area contributed by atoms with E-state index in [1.54, 1.807) is 18.2 Å². The van der Waals surface area contributed by atoms with Gasteiger partial charge in [0.25, 0.3) is 0 Å². The normalized spacial score (nSPS) is 15.9. The van der Waals surface area contributed by atoms with Gasteiger partial charge in [-0.25, -0.2) is 4.79 Å². The number of carbonyl (C=O) groups excluding carboxylic acids is 1. The molecule has 0 spiro atoms. The van der Waals surface area contributed by atoms with E-state index >= 15 is 0 Å². The predicted molar refractivity (Wildman–Crippen MR) is 103 cm³/mol. The van der Waals surface area contributed by atoms with Gasteiger partial charge in [0.15, 0.2) is 0 Å². The second-order valence-electron chi connectivity index (χ2n) is 7.17. The number of carboxylic acid groups (broad SMARTS) is 1. The number of nitrogens with one attached hydrogen (secondary N) is 1. The average Bonchev–Trinajstić information content (AvgIpc) is 2.68. The van der Waals surface area contributed by atoms with Crippen LogP contribution in [0.25, 0.3) is 0 Å². The lowest BCUT2D eigenvalue weighted by molar-refractivity contribution is -0.121. The zero-order valence-corrected chi connectivity index (χ0v) is 15.5. The summed E-state index contributed by atoms with van der Waals surface area (Å²) in [5.74, 6) is -1.09. The first-order valence-corrected chi connectivity index (χ1v) is 9.23. The molecule has 0 radical (unpaired) electrons. The largest absolute Gasteiger partial charge is 0.478 e. The van der Waals surface area contributed by atoms with Crippen LogP contribution in [-0.2, 0) is 21.4 Å². The maximum absolute atomic E-state index is 12.5. The third kappa shape index (κ3) is 4.55. The van der Waals surface area contributed by atoms with Crippen LogP contribution in [0, 0.1) is 6.92 Å². The van der Waals surface area contributed by atoms with Crippen molar-refractivity contribution in [2.45, 2.75) is 31.6 Å². The first-order valence-electron chi connectivity index (χ1n) is 9.23. The van der Waals surface area contributed by atoms with Gasteiger partial charge in [0.1, 0.15) is 0 Å². The van der Waals surface area contributed by atoms with Gasteiger partial charge in [-0.15, -0.1) is 0 Å². The molecular weight excluding hydrogens is 342 g/mol. The molecule has 0 unspecified atom stereocenters. The highest BCUT2D eigenvalue weighted by molar-refractivity contribution is 5.88. The SMILES string of the molecule is Cc1ccccc1C1(CNC(=O)Cc2cccc(C(=O)O)c2)CCOCC1. The zero-order chi connectivity index (χ0) is 19.3. The van der Waals surface area contributed by atoms with Crippen LogP contribution in [0.4, 0.5) is 0 Å². The summed E-state index contributed by atoms with van der Waals surface area (Å²) in [4.78, 5) is 23.6. The smallest absolute Gasteiger partial charge is 0.335 e. The molecule has 2 aromatic rings. The summed E-state index contributed by atoms with van der Waals surface area (Å²) in [6.45, 7) is 4.03. The number of aromatic carboxylic acids is 1. The maximum Gasteiger partial charge on any atom is 0.335 e. The van der Waals surface area contributed by atoms with Gasteiger partial charge in [-0.1, -0.05) is 36.4 Å². The van der Waals surface area contributed by atoms with Crippen LogP contribution in [0.1, 0.15) is 39.9 Å². The lowest BCUT2D eigenvalue weighted by Crippen LogP contribution is -2.45. The number of hydrogen-bond acceptors (Lipinski definition) is 3. The Hall–Kier alpha value is -2.66. The molecule has 1 aliphatic rings. The molecule has 1 fully saturated rings. The Balaban J connectivity index is 1.70. The second kappa shape index (κ2) is 8.35.